The van der Waals surface area contributed by atoms with Crippen molar-refractivity contribution < 1.29 is 9.53 Å². The van der Waals surface area contributed by atoms with Gasteiger partial charge in [0.1, 0.15) is 5.75 Å². The molecular formula is C21H17N5O2S. The van der Waals surface area contributed by atoms with Crippen LogP contribution in [-0.4, -0.2) is 21.0 Å². The molecule has 0 fully saturated rings. The van der Waals surface area contributed by atoms with Crippen LogP contribution in [0, 0.1) is 6.92 Å². The summed E-state index contributed by atoms with van der Waals surface area (Å²) in [6, 6.07) is 12.9. The Kier molecular flexibility index (Phi) is 5.44. The fourth-order valence-electron chi connectivity index (χ4n) is 2.62. The number of thiophene rings is 1. The lowest BCUT2D eigenvalue weighted by Gasteiger charge is -2.12. The average Bonchev–Trinajstić information content (AvgIpc) is 3.24. The predicted molar refractivity (Wildman–Crippen MR) is 114 cm³/mol. The summed E-state index contributed by atoms with van der Waals surface area (Å²) in [5.74, 6) is 0.972. The molecular weight excluding hydrogens is 386 g/mol. The number of ether oxygens (including phenoxy) is 1. The molecule has 7 nitrogen and oxygen atoms in total. The Bertz CT molecular complexity index is 1120. The number of rotatable bonds is 5. The molecule has 0 radical (unpaired) electrons. The molecule has 144 valence electrons. The van der Waals surface area contributed by atoms with Gasteiger partial charge in [0.25, 0.3) is 0 Å². The van der Waals surface area contributed by atoms with E-state index in [0.717, 1.165) is 22.5 Å². The molecule has 0 bridgehead atoms. The van der Waals surface area contributed by atoms with E-state index in [0.29, 0.717) is 17.4 Å². The molecule has 29 heavy (non-hydrogen) atoms. The number of aryl methyl sites for hydroxylation is 1. The van der Waals surface area contributed by atoms with E-state index in [4.69, 9.17) is 4.74 Å². The highest BCUT2D eigenvalue weighted by Crippen LogP contribution is 2.24. The summed E-state index contributed by atoms with van der Waals surface area (Å²) in [6.45, 7) is 1.96. The lowest BCUT2D eigenvalue weighted by Crippen LogP contribution is -2.16. The van der Waals surface area contributed by atoms with E-state index in [-0.39, 0.29) is 0 Å². The van der Waals surface area contributed by atoms with E-state index in [9.17, 15) is 4.79 Å². The van der Waals surface area contributed by atoms with Crippen molar-refractivity contribution in [3.8, 4) is 17.0 Å². The number of carbonyl (C=O) groups excluding carboxylic acids is 1. The van der Waals surface area contributed by atoms with Crippen LogP contribution in [0.5, 0.6) is 5.75 Å². The highest BCUT2D eigenvalue weighted by Gasteiger charge is 2.09. The number of benzene rings is 1. The molecule has 3 aromatic heterocycles. The minimum atomic E-state index is -0.547. The minimum Gasteiger partial charge on any atom is -0.409 e. The van der Waals surface area contributed by atoms with Gasteiger partial charge in [0, 0.05) is 40.9 Å². The molecule has 1 amide bonds. The highest BCUT2D eigenvalue weighted by molar-refractivity contribution is 7.08. The van der Waals surface area contributed by atoms with Crippen LogP contribution in [0.3, 0.4) is 0 Å². The van der Waals surface area contributed by atoms with Crippen LogP contribution in [0.2, 0.25) is 0 Å². The van der Waals surface area contributed by atoms with Crippen LogP contribution in [0.25, 0.3) is 11.3 Å². The van der Waals surface area contributed by atoms with Crippen molar-refractivity contribution in [1.29, 1.82) is 0 Å². The third-order valence-corrected chi connectivity index (χ3v) is 4.73. The molecule has 0 aliphatic heterocycles. The van der Waals surface area contributed by atoms with E-state index in [2.05, 4.69) is 25.6 Å². The summed E-state index contributed by atoms with van der Waals surface area (Å²) in [5, 5.41) is 9.54. The molecule has 4 aromatic rings. The summed E-state index contributed by atoms with van der Waals surface area (Å²) in [4.78, 5) is 24.9. The number of carbonyl (C=O) groups is 1. The second-order valence-electron chi connectivity index (χ2n) is 6.13. The van der Waals surface area contributed by atoms with Crippen molar-refractivity contribution in [2.24, 2.45) is 0 Å². The van der Waals surface area contributed by atoms with Crippen LogP contribution < -0.4 is 15.4 Å². The molecule has 0 saturated carbocycles. The zero-order valence-electron chi connectivity index (χ0n) is 15.5. The molecule has 4 rings (SSSR count). The molecule has 1 aromatic carbocycles. The monoisotopic (exact) mass is 403 g/mol. The molecule has 0 saturated heterocycles. The van der Waals surface area contributed by atoms with Gasteiger partial charge in [-0.1, -0.05) is 6.07 Å². The van der Waals surface area contributed by atoms with Gasteiger partial charge in [-0.15, -0.1) is 11.3 Å². The Hall–Kier alpha value is -3.78. The zero-order chi connectivity index (χ0) is 20.1. The Morgan fingerprint density at radius 1 is 1.07 bits per heavy atom. The van der Waals surface area contributed by atoms with E-state index in [1.165, 1.54) is 11.3 Å². The Morgan fingerprint density at radius 3 is 2.72 bits per heavy atom. The molecule has 0 spiro atoms. The van der Waals surface area contributed by atoms with Crippen LogP contribution in [0.1, 0.15) is 5.56 Å². The van der Waals surface area contributed by atoms with Crippen LogP contribution in [0.4, 0.5) is 22.1 Å². The normalized spacial score (nSPS) is 10.4. The average molecular weight is 403 g/mol. The molecule has 2 N–H and O–H groups in total. The first kappa shape index (κ1) is 18.6. The summed E-state index contributed by atoms with van der Waals surface area (Å²) in [7, 11) is 0. The SMILES string of the molecule is Cc1ccc(NC(=O)Oc2ccsc2)cc1Nc1nccc(-c2ccncc2)n1. The number of pyridine rings is 1. The fourth-order valence-corrected chi connectivity index (χ4v) is 3.17. The highest BCUT2D eigenvalue weighted by atomic mass is 32.1. The second-order valence-corrected chi connectivity index (χ2v) is 6.91. The molecule has 0 aliphatic carbocycles. The van der Waals surface area contributed by atoms with Gasteiger partial charge in [-0.25, -0.2) is 14.8 Å². The maximum atomic E-state index is 12.1. The largest absolute Gasteiger partial charge is 0.417 e. The van der Waals surface area contributed by atoms with E-state index in [1.807, 2.05) is 48.7 Å². The number of nitrogens with one attached hydrogen (secondary N) is 2. The first-order chi connectivity index (χ1) is 14.2. The van der Waals surface area contributed by atoms with Gasteiger partial charge in [-0.3, -0.25) is 10.3 Å². The quantitative estimate of drug-likeness (QED) is 0.472. The lowest BCUT2D eigenvalue weighted by molar-refractivity contribution is 0.215. The van der Waals surface area contributed by atoms with Crippen molar-refractivity contribution in [3.05, 3.63) is 77.4 Å². The number of hydrogen-bond acceptors (Lipinski definition) is 7. The Labute approximate surface area is 171 Å². The predicted octanol–water partition coefficient (Wildman–Crippen LogP) is 5.26. The smallest absolute Gasteiger partial charge is 0.409 e. The van der Waals surface area contributed by atoms with Crippen molar-refractivity contribution >= 4 is 34.8 Å². The second kappa shape index (κ2) is 8.49. The summed E-state index contributed by atoms with van der Waals surface area (Å²) < 4.78 is 5.22. The number of anilines is 3. The van der Waals surface area contributed by atoms with Crippen molar-refractivity contribution in [2.45, 2.75) is 6.92 Å². The molecule has 0 aliphatic rings. The molecule has 8 heteroatoms. The van der Waals surface area contributed by atoms with Gasteiger partial charge in [0.15, 0.2) is 0 Å². The number of aromatic nitrogens is 3. The summed E-state index contributed by atoms with van der Waals surface area (Å²) in [5.41, 5.74) is 4.11. The van der Waals surface area contributed by atoms with Crippen LogP contribution >= 0.6 is 11.3 Å². The maximum Gasteiger partial charge on any atom is 0.417 e. The first-order valence-corrected chi connectivity index (χ1v) is 9.74. The topological polar surface area (TPSA) is 89.0 Å². The summed E-state index contributed by atoms with van der Waals surface area (Å²) >= 11 is 1.46. The van der Waals surface area contributed by atoms with Crippen molar-refractivity contribution in [1.82, 2.24) is 15.0 Å². The molecule has 0 atom stereocenters. The molecule has 3 heterocycles. The third kappa shape index (κ3) is 4.74. The number of nitrogens with zero attached hydrogens (tertiary/aromatic N) is 3. The van der Waals surface area contributed by atoms with Crippen LogP contribution in [-0.2, 0) is 0 Å². The van der Waals surface area contributed by atoms with Gasteiger partial charge in [0.2, 0.25) is 5.95 Å². The van der Waals surface area contributed by atoms with Gasteiger partial charge in [0.05, 0.1) is 5.69 Å². The Balaban J connectivity index is 1.50. The van der Waals surface area contributed by atoms with Gasteiger partial charge >= 0.3 is 6.09 Å². The lowest BCUT2D eigenvalue weighted by atomic mass is 10.2. The van der Waals surface area contributed by atoms with E-state index in [1.54, 1.807) is 30.0 Å². The summed E-state index contributed by atoms with van der Waals surface area (Å²) in [6.07, 6.45) is 4.59. The first-order valence-electron chi connectivity index (χ1n) is 8.79. The zero-order valence-corrected chi connectivity index (χ0v) is 16.3. The van der Waals surface area contributed by atoms with Gasteiger partial charge in [-0.05, 0) is 54.3 Å². The third-order valence-electron chi connectivity index (χ3n) is 4.07. The molecule has 0 unspecified atom stereocenters. The van der Waals surface area contributed by atoms with Gasteiger partial charge < -0.3 is 10.1 Å². The Morgan fingerprint density at radius 2 is 1.93 bits per heavy atom. The number of amides is 1. The van der Waals surface area contributed by atoms with Crippen molar-refractivity contribution in [3.63, 3.8) is 0 Å². The minimum absolute atomic E-state index is 0.459. The van der Waals surface area contributed by atoms with E-state index >= 15 is 0 Å². The fraction of sp³-hybridized carbons (Fsp3) is 0.0476. The van der Waals surface area contributed by atoms with Gasteiger partial charge in [-0.2, -0.15) is 0 Å². The number of hydrogen-bond donors (Lipinski definition) is 2. The standard InChI is InChI=1S/C21H17N5O2S/c1-14-2-3-16(24-21(27)28-17-7-11-29-13-17)12-19(14)26-20-23-10-6-18(25-20)15-4-8-22-9-5-15/h2-13H,1H3,(H,24,27)(H,23,25,26). The maximum absolute atomic E-state index is 12.1. The van der Waals surface area contributed by atoms with Crippen LogP contribution in [0.15, 0.2) is 71.8 Å². The van der Waals surface area contributed by atoms with E-state index < -0.39 is 6.09 Å². The van der Waals surface area contributed by atoms with Crippen molar-refractivity contribution in [2.75, 3.05) is 10.6 Å².